The van der Waals surface area contributed by atoms with Gasteiger partial charge in [0, 0.05) is 31.9 Å². The summed E-state index contributed by atoms with van der Waals surface area (Å²) in [6.07, 6.45) is 4.59. The second kappa shape index (κ2) is 9.18. The van der Waals surface area contributed by atoms with Gasteiger partial charge in [0.15, 0.2) is 0 Å². The van der Waals surface area contributed by atoms with Gasteiger partial charge in [0.25, 0.3) is 0 Å². The summed E-state index contributed by atoms with van der Waals surface area (Å²) in [4.78, 5) is 4.91. The summed E-state index contributed by atoms with van der Waals surface area (Å²) in [6, 6.07) is 11.9. The lowest BCUT2D eigenvalue weighted by atomic mass is 9.99. The predicted molar refractivity (Wildman–Crippen MR) is 125 cm³/mol. The molecule has 0 saturated carbocycles. The van der Waals surface area contributed by atoms with Crippen LogP contribution < -0.4 is 14.4 Å². The molecule has 0 bridgehead atoms. The quantitative estimate of drug-likeness (QED) is 0.710. The zero-order valence-electron chi connectivity index (χ0n) is 18.7. The Bertz CT molecular complexity index is 1030. The highest BCUT2D eigenvalue weighted by molar-refractivity contribution is 7.89. The first-order chi connectivity index (χ1) is 14.9. The van der Waals surface area contributed by atoms with Crippen LogP contribution in [0.25, 0.3) is 0 Å². The molecule has 1 N–H and O–H groups in total. The number of hydrogen-bond donors (Lipinski definition) is 1. The molecule has 2 aromatic rings. The number of ether oxygens (including phenoxy) is 1. The van der Waals surface area contributed by atoms with Crippen molar-refractivity contribution in [3.05, 3.63) is 53.1 Å². The number of hydrogen-bond acceptors (Lipinski definition) is 5. The number of fused-ring (bicyclic) bond motifs is 1. The number of nitrogens with one attached hydrogen (secondary N) is 1. The summed E-state index contributed by atoms with van der Waals surface area (Å²) in [5.41, 5.74) is 4.71. The molecule has 0 spiro atoms. The van der Waals surface area contributed by atoms with Crippen molar-refractivity contribution >= 4 is 15.7 Å². The van der Waals surface area contributed by atoms with Crippen LogP contribution in [0.4, 0.5) is 5.69 Å². The van der Waals surface area contributed by atoms with E-state index in [9.17, 15) is 8.42 Å². The second-order valence-electron chi connectivity index (χ2n) is 8.68. The number of likely N-dealkylation sites (N-methyl/N-ethyl adjacent to an activating group) is 1. The molecule has 0 aliphatic carbocycles. The van der Waals surface area contributed by atoms with Crippen molar-refractivity contribution in [3.8, 4) is 5.75 Å². The molecule has 2 aliphatic rings. The molecule has 2 aliphatic heterocycles. The summed E-state index contributed by atoms with van der Waals surface area (Å²) in [6.45, 7) is 5.26. The van der Waals surface area contributed by atoms with Crippen molar-refractivity contribution in [1.29, 1.82) is 0 Å². The Kier molecular flexibility index (Phi) is 6.55. The molecule has 7 heteroatoms. The first-order valence-corrected chi connectivity index (χ1v) is 12.6. The number of benzene rings is 2. The minimum Gasteiger partial charge on any atom is -0.495 e. The topological polar surface area (TPSA) is 61.9 Å². The largest absolute Gasteiger partial charge is 0.495 e. The number of nitrogens with zero attached hydrogens (tertiary/aromatic N) is 2. The van der Waals surface area contributed by atoms with E-state index in [4.69, 9.17) is 4.74 Å². The van der Waals surface area contributed by atoms with Crippen molar-refractivity contribution in [1.82, 2.24) is 9.62 Å². The van der Waals surface area contributed by atoms with Crippen LogP contribution in [0.1, 0.15) is 42.0 Å². The maximum Gasteiger partial charge on any atom is 0.244 e. The van der Waals surface area contributed by atoms with Crippen molar-refractivity contribution in [3.63, 3.8) is 0 Å². The molecule has 168 valence electrons. The molecule has 0 amide bonds. The Morgan fingerprint density at radius 1 is 1.06 bits per heavy atom. The number of methoxy groups -OCH3 is 1. The molecule has 31 heavy (non-hydrogen) atoms. The average Bonchev–Trinajstić information content (AvgIpc) is 3.15. The second-order valence-corrected chi connectivity index (χ2v) is 10.4. The molecule has 2 aromatic carbocycles. The first kappa shape index (κ1) is 22.1. The van der Waals surface area contributed by atoms with Gasteiger partial charge < -0.3 is 9.64 Å². The Balaban J connectivity index is 1.61. The maximum absolute atomic E-state index is 13.2. The fraction of sp³-hybridized carbons (Fsp3) is 0.500. The standard InChI is InChI=1S/C24H33N3O3S/c1-18-7-10-23(30-3)24(15-18)31(28,29)25-17-22(27-12-5-4-6-13-27)19-8-9-21-20(16-19)11-14-26(21)2/h7-10,15-16,22,25H,4-6,11-14,17H2,1-3H3/t22-/m0/s1. The SMILES string of the molecule is COc1ccc(C)cc1S(=O)(=O)NC[C@@H](c1ccc2c(c1)CCN2C)N1CCCCC1. The van der Waals surface area contributed by atoms with Crippen LogP contribution in [0.2, 0.25) is 0 Å². The van der Waals surface area contributed by atoms with E-state index in [0.717, 1.165) is 44.5 Å². The summed E-state index contributed by atoms with van der Waals surface area (Å²) in [5.74, 6) is 0.369. The van der Waals surface area contributed by atoms with Gasteiger partial charge in [-0.1, -0.05) is 24.6 Å². The summed E-state index contributed by atoms with van der Waals surface area (Å²) < 4.78 is 34.6. The van der Waals surface area contributed by atoms with Crippen molar-refractivity contribution in [2.24, 2.45) is 0 Å². The number of anilines is 1. The third-order valence-corrected chi connectivity index (χ3v) is 7.97. The highest BCUT2D eigenvalue weighted by Crippen LogP contribution is 2.32. The van der Waals surface area contributed by atoms with Gasteiger partial charge in [-0.3, -0.25) is 4.90 Å². The third-order valence-electron chi connectivity index (χ3n) is 6.52. The lowest BCUT2D eigenvalue weighted by molar-refractivity contribution is 0.164. The van der Waals surface area contributed by atoms with Crippen molar-refractivity contribution in [2.75, 3.05) is 45.2 Å². The van der Waals surface area contributed by atoms with E-state index in [1.165, 1.54) is 30.3 Å². The van der Waals surface area contributed by atoms with Crippen LogP contribution in [-0.2, 0) is 16.4 Å². The van der Waals surface area contributed by atoms with Gasteiger partial charge in [0.05, 0.1) is 7.11 Å². The van der Waals surface area contributed by atoms with Gasteiger partial charge in [0.2, 0.25) is 10.0 Å². The monoisotopic (exact) mass is 443 g/mol. The third kappa shape index (κ3) is 4.73. The number of sulfonamides is 1. The molecule has 4 rings (SSSR count). The molecular formula is C24H33N3O3S. The molecule has 6 nitrogen and oxygen atoms in total. The van der Waals surface area contributed by atoms with Gasteiger partial charge >= 0.3 is 0 Å². The summed E-state index contributed by atoms with van der Waals surface area (Å²) in [5, 5.41) is 0. The van der Waals surface area contributed by atoms with Crippen molar-refractivity contribution < 1.29 is 13.2 Å². The molecule has 2 heterocycles. The highest BCUT2D eigenvalue weighted by Gasteiger charge is 2.27. The fourth-order valence-electron chi connectivity index (χ4n) is 4.74. The van der Waals surface area contributed by atoms with Crippen LogP contribution in [0, 0.1) is 6.92 Å². The number of likely N-dealkylation sites (tertiary alicyclic amines) is 1. The van der Waals surface area contributed by atoms with Crippen LogP contribution in [0.15, 0.2) is 41.3 Å². The minimum absolute atomic E-state index is 0.0158. The van der Waals surface area contributed by atoms with E-state index >= 15 is 0 Å². The minimum atomic E-state index is -3.70. The molecular weight excluding hydrogens is 410 g/mol. The van der Waals surface area contributed by atoms with Gasteiger partial charge in [-0.05, 0) is 74.2 Å². The number of aryl methyl sites for hydroxylation is 1. The van der Waals surface area contributed by atoms with Gasteiger partial charge in [-0.25, -0.2) is 13.1 Å². The van der Waals surface area contributed by atoms with Crippen LogP contribution >= 0.6 is 0 Å². The van der Waals surface area contributed by atoms with E-state index in [-0.39, 0.29) is 10.9 Å². The smallest absolute Gasteiger partial charge is 0.244 e. The van der Waals surface area contributed by atoms with Crippen LogP contribution in [-0.4, -0.2) is 53.7 Å². The Morgan fingerprint density at radius 3 is 2.58 bits per heavy atom. The zero-order chi connectivity index (χ0) is 22.0. The molecule has 0 radical (unpaired) electrons. The maximum atomic E-state index is 13.2. The molecule has 1 fully saturated rings. The van der Waals surface area contributed by atoms with E-state index in [1.807, 2.05) is 13.0 Å². The predicted octanol–water partition coefficient (Wildman–Crippen LogP) is 3.50. The Hall–Kier alpha value is -2.09. The Labute approximate surface area is 186 Å². The molecule has 1 saturated heterocycles. The normalized spacial score (nSPS) is 18.1. The van der Waals surface area contributed by atoms with Gasteiger partial charge in [0.1, 0.15) is 10.6 Å². The van der Waals surface area contributed by atoms with E-state index in [2.05, 4.69) is 39.8 Å². The van der Waals surface area contributed by atoms with Crippen LogP contribution in [0.5, 0.6) is 5.75 Å². The summed E-state index contributed by atoms with van der Waals surface area (Å²) in [7, 11) is -0.0737. The molecule has 1 atom stereocenters. The van der Waals surface area contributed by atoms with E-state index in [0.29, 0.717) is 12.3 Å². The van der Waals surface area contributed by atoms with E-state index < -0.39 is 10.0 Å². The zero-order valence-corrected chi connectivity index (χ0v) is 19.5. The highest BCUT2D eigenvalue weighted by atomic mass is 32.2. The number of piperidine rings is 1. The lowest BCUT2D eigenvalue weighted by Gasteiger charge is -2.35. The number of rotatable bonds is 7. The lowest BCUT2D eigenvalue weighted by Crippen LogP contribution is -2.40. The van der Waals surface area contributed by atoms with Gasteiger partial charge in [-0.15, -0.1) is 0 Å². The summed E-state index contributed by atoms with van der Waals surface area (Å²) >= 11 is 0. The van der Waals surface area contributed by atoms with Crippen molar-refractivity contribution in [2.45, 2.75) is 43.5 Å². The molecule has 0 aromatic heterocycles. The molecule has 0 unspecified atom stereocenters. The first-order valence-electron chi connectivity index (χ1n) is 11.1. The Morgan fingerprint density at radius 2 is 1.84 bits per heavy atom. The van der Waals surface area contributed by atoms with Crippen LogP contribution in [0.3, 0.4) is 0 Å². The van der Waals surface area contributed by atoms with Gasteiger partial charge in [-0.2, -0.15) is 0 Å². The fourth-order valence-corrected chi connectivity index (χ4v) is 6.03. The van der Waals surface area contributed by atoms with E-state index in [1.54, 1.807) is 12.1 Å². The average molecular weight is 444 g/mol.